The van der Waals surface area contributed by atoms with Crippen molar-refractivity contribution in [1.82, 2.24) is 20.1 Å². The summed E-state index contributed by atoms with van der Waals surface area (Å²) >= 11 is 0. The number of hydrogen-bond acceptors (Lipinski definition) is 4. The van der Waals surface area contributed by atoms with Gasteiger partial charge >= 0.3 is 0 Å². The Morgan fingerprint density at radius 1 is 1.50 bits per heavy atom. The van der Waals surface area contributed by atoms with Gasteiger partial charge in [-0.05, 0) is 25.7 Å². The van der Waals surface area contributed by atoms with Crippen LogP contribution in [0.2, 0.25) is 0 Å². The summed E-state index contributed by atoms with van der Waals surface area (Å²) in [7, 11) is 1.74. The van der Waals surface area contributed by atoms with E-state index in [4.69, 9.17) is 5.73 Å². The van der Waals surface area contributed by atoms with Gasteiger partial charge in [-0.3, -0.25) is 9.48 Å². The number of amides is 1. The Labute approximate surface area is 94.2 Å². The number of hydrogen-bond donors (Lipinski definition) is 2. The zero-order chi connectivity index (χ0) is 11.5. The van der Waals surface area contributed by atoms with Gasteiger partial charge in [0.05, 0.1) is 0 Å². The van der Waals surface area contributed by atoms with Gasteiger partial charge in [0.15, 0.2) is 0 Å². The lowest BCUT2D eigenvalue weighted by Crippen LogP contribution is -2.40. The number of aromatic nitrogens is 3. The second kappa shape index (κ2) is 4.61. The Kier molecular flexibility index (Phi) is 3.19. The van der Waals surface area contributed by atoms with Gasteiger partial charge in [-0.15, -0.1) is 5.10 Å². The fraction of sp³-hybridized carbons (Fsp3) is 0.700. The largest absolute Gasteiger partial charge is 0.347 e. The van der Waals surface area contributed by atoms with Crippen LogP contribution in [0, 0.1) is 0 Å². The van der Waals surface area contributed by atoms with Crippen molar-refractivity contribution in [1.29, 1.82) is 0 Å². The van der Waals surface area contributed by atoms with E-state index in [0.717, 1.165) is 25.7 Å². The fourth-order valence-electron chi connectivity index (χ4n) is 1.96. The molecule has 0 unspecified atom stereocenters. The van der Waals surface area contributed by atoms with Crippen molar-refractivity contribution in [3.63, 3.8) is 0 Å². The summed E-state index contributed by atoms with van der Waals surface area (Å²) in [6.07, 6.45) is 5.35. The van der Waals surface area contributed by atoms with E-state index in [1.54, 1.807) is 7.05 Å². The molecule has 6 heteroatoms. The third-order valence-corrected chi connectivity index (χ3v) is 2.91. The Hall–Kier alpha value is -1.43. The number of nitrogens with one attached hydrogen (secondary N) is 1. The van der Waals surface area contributed by atoms with E-state index in [0.29, 0.717) is 6.04 Å². The van der Waals surface area contributed by atoms with Gasteiger partial charge in [0, 0.05) is 19.1 Å². The summed E-state index contributed by atoms with van der Waals surface area (Å²) in [6, 6.07) is 0.511. The van der Waals surface area contributed by atoms with Crippen LogP contribution in [-0.2, 0) is 7.05 Å². The second-order valence-corrected chi connectivity index (χ2v) is 4.33. The molecule has 0 bridgehead atoms. The van der Waals surface area contributed by atoms with Gasteiger partial charge < -0.3 is 11.1 Å². The molecule has 1 aliphatic rings. The molecule has 1 aromatic heterocycles. The van der Waals surface area contributed by atoms with Crippen LogP contribution in [0.3, 0.4) is 0 Å². The molecule has 1 aliphatic carbocycles. The van der Waals surface area contributed by atoms with Crippen molar-refractivity contribution in [3.8, 4) is 0 Å². The van der Waals surface area contributed by atoms with Gasteiger partial charge in [0.1, 0.15) is 6.33 Å². The monoisotopic (exact) mass is 223 g/mol. The van der Waals surface area contributed by atoms with Crippen molar-refractivity contribution in [3.05, 3.63) is 12.2 Å². The predicted molar refractivity (Wildman–Crippen MR) is 58.7 cm³/mol. The lowest BCUT2D eigenvalue weighted by molar-refractivity contribution is 0.0915. The minimum absolute atomic E-state index is 0.193. The van der Waals surface area contributed by atoms with Crippen LogP contribution in [0.5, 0.6) is 0 Å². The number of aryl methyl sites for hydroxylation is 1. The molecule has 0 aliphatic heterocycles. The van der Waals surface area contributed by atoms with Crippen molar-refractivity contribution in [2.75, 3.05) is 0 Å². The van der Waals surface area contributed by atoms with Crippen LogP contribution in [0.15, 0.2) is 6.33 Å². The molecule has 0 radical (unpaired) electrons. The van der Waals surface area contributed by atoms with E-state index in [-0.39, 0.29) is 17.8 Å². The first-order chi connectivity index (χ1) is 7.65. The van der Waals surface area contributed by atoms with E-state index >= 15 is 0 Å². The first-order valence-electron chi connectivity index (χ1n) is 5.57. The molecular formula is C10H17N5O. The Morgan fingerprint density at radius 3 is 2.75 bits per heavy atom. The molecule has 1 amide bonds. The molecule has 0 saturated heterocycles. The van der Waals surface area contributed by atoms with Gasteiger partial charge in [0.2, 0.25) is 5.82 Å². The van der Waals surface area contributed by atoms with Crippen molar-refractivity contribution in [2.45, 2.75) is 37.8 Å². The van der Waals surface area contributed by atoms with E-state index in [9.17, 15) is 4.79 Å². The maximum atomic E-state index is 11.7. The van der Waals surface area contributed by atoms with Crippen LogP contribution in [0.1, 0.15) is 36.3 Å². The molecule has 3 N–H and O–H groups in total. The molecular weight excluding hydrogens is 206 g/mol. The lowest BCUT2D eigenvalue weighted by atomic mass is 9.92. The smallest absolute Gasteiger partial charge is 0.291 e. The molecule has 0 atom stereocenters. The third kappa shape index (κ3) is 2.57. The average molecular weight is 223 g/mol. The predicted octanol–water partition coefficient (Wildman–Crippen LogP) is -0.185. The summed E-state index contributed by atoms with van der Waals surface area (Å²) in [4.78, 5) is 15.6. The van der Waals surface area contributed by atoms with Crippen molar-refractivity contribution >= 4 is 5.91 Å². The number of carbonyl (C=O) groups excluding carboxylic acids is 1. The minimum atomic E-state index is -0.193. The maximum absolute atomic E-state index is 11.7. The zero-order valence-electron chi connectivity index (χ0n) is 9.39. The lowest BCUT2D eigenvalue weighted by Gasteiger charge is -2.26. The Bertz CT molecular complexity index is 367. The van der Waals surface area contributed by atoms with E-state index < -0.39 is 0 Å². The molecule has 0 aromatic carbocycles. The highest BCUT2D eigenvalue weighted by Gasteiger charge is 2.21. The number of nitrogens with zero attached hydrogens (tertiary/aromatic N) is 3. The summed E-state index contributed by atoms with van der Waals surface area (Å²) in [6.45, 7) is 0. The molecule has 88 valence electrons. The van der Waals surface area contributed by atoms with Gasteiger partial charge in [-0.1, -0.05) is 0 Å². The molecule has 1 aromatic rings. The number of rotatable bonds is 2. The number of nitrogens with two attached hydrogens (primary N) is 1. The van der Waals surface area contributed by atoms with Crippen LogP contribution in [-0.4, -0.2) is 32.8 Å². The third-order valence-electron chi connectivity index (χ3n) is 2.91. The summed E-state index contributed by atoms with van der Waals surface area (Å²) in [5.41, 5.74) is 5.80. The quantitative estimate of drug-likeness (QED) is 0.728. The average Bonchev–Trinajstić information content (AvgIpc) is 2.68. The van der Waals surface area contributed by atoms with Crippen LogP contribution < -0.4 is 11.1 Å². The van der Waals surface area contributed by atoms with Gasteiger partial charge in [-0.25, -0.2) is 4.98 Å². The highest BCUT2D eigenvalue weighted by Crippen LogP contribution is 2.16. The first kappa shape index (κ1) is 11.1. The highest BCUT2D eigenvalue weighted by atomic mass is 16.2. The van der Waals surface area contributed by atoms with E-state index in [1.807, 2.05) is 0 Å². The minimum Gasteiger partial charge on any atom is -0.347 e. The van der Waals surface area contributed by atoms with Gasteiger partial charge in [-0.2, -0.15) is 0 Å². The summed E-state index contributed by atoms with van der Waals surface area (Å²) in [5.74, 6) is 0.0402. The molecule has 16 heavy (non-hydrogen) atoms. The first-order valence-corrected chi connectivity index (χ1v) is 5.57. The molecule has 1 saturated carbocycles. The van der Waals surface area contributed by atoms with Gasteiger partial charge in [0.25, 0.3) is 5.91 Å². The van der Waals surface area contributed by atoms with E-state index in [1.165, 1.54) is 11.0 Å². The molecule has 1 heterocycles. The molecule has 1 fully saturated rings. The normalized spacial score (nSPS) is 25.4. The van der Waals surface area contributed by atoms with Crippen molar-refractivity contribution in [2.24, 2.45) is 12.8 Å². The molecule has 6 nitrogen and oxygen atoms in total. The molecule has 2 rings (SSSR count). The summed E-state index contributed by atoms with van der Waals surface area (Å²) in [5, 5.41) is 6.90. The highest BCUT2D eigenvalue weighted by molar-refractivity contribution is 5.90. The van der Waals surface area contributed by atoms with Crippen LogP contribution in [0.4, 0.5) is 0 Å². The Morgan fingerprint density at radius 2 is 2.19 bits per heavy atom. The topological polar surface area (TPSA) is 85.8 Å². The molecule has 0 spiro atoms. The summed E-state index contributed by atoms with van der Waals surface area (Å²) < 4.78 is 1.52. The Balaban J connectivity index is 1.88. The van der Waals surface area contributed by atoms with Crippen LogP contribution >= 0.6 is 0 Å². The maximum Gasteiger partial charge on any atom is 0.291 e. The SMILES string of the molecule is Cn1cnc(C(=O)NC2CCC(N)CC2)n1. The second-order valence-electron chi connectivity index (χ2n) is 4.33. The van der Waals surface area contributed by atoms with Crippen molar-refractivity contribution < 1.29 is 4.79 Å². The standard InChI is InChI=1S/C10H17N5O/c1-15-6-12-9(14-15)10(16)13-8-4-2-7(11)3-5-8/h6-8H,2-5,11H2,1H3,(H,13,16). The fourth-order valence-corrected chi connectivity index (χ4v) is 1.96. The zero-order valence-corrected chi connectivity index (χ0v) is 9.39. The van der Waals surface area contributed by atoms with E-state index in [2.05, 4.69) is 15.4 Å². The number of carbonyl (C=O) groups is 1. The van der Waals surface area contributed by atoms with Crippen LogP contribution in [0.25, 0.3) is 0 Å².